The molecule has 0 atom stereocenters. The van der Waals surface area contributed by atoms with Gasteiger partial charge in [-0.2, -0.15) is 0 Å². The number of dihydropyridines is 1. The van der Waals surface area contributed by atoms with E-state index in [0.29, 0.717) is 12.8 Å². The SMILES string of the molecule is C/C=C(\C=C(/C)NC(=O)CCc1cccc(F)c1)C1=CCNC=C1. The molecule has 0 spiro atoms. The van der Waals surface area contributed by atoms with Crippen molar-refractivity contribution in [2.75, 3.05) is 6.54 Å². The van der Waals surface area contributed by atoms with Crippen molar-refractivity contribution in [3.05, 3.63) is 83.0 Å². The normalized spacial score (nSPS) is 14.9. The maximum atomic E-state index is 13.1. The molecule has 0 fully saturated rings. The Kier molecular flexibility index (Phi) is 6.55. The average Bonchev–Trinajstić information content (AvgIpc) is 2.59. The molecule has 1 aliphatic heterocycles. The number of rotatable bonds is 6. The summed E-state index contributed by atoms with van der Waals surface area (Å²) in [6.45, 7) is 4.65. The number of allylic oxidation sites excluding steroid dienone is 6. The largest absolute Gasteiger partial charge is 0.387 e. The Morgan fingerprint density at radius 1 is 1.42 bits per heavy atom. The quantitative estimate of drug-likeness (QED) is 0.781. The molecule has 0 aliphatic carbocycles. The van der Waals surface area contributed by atoms with Gasteiger partial charge in [-0.3, -0.25) is 4.79 Å². The molecule has 4 heteroatoms. The van der Waals surface area contributed by atoms with E-state index in [9.17, 15) is 9.18 Å². The number of hydrogen-bond donors (Lipinski definition) is 2. The van der Waals surface area contributed by atoms with E-state index in [2.05, 4.69) is 16.7 Å². The van der Waals surface area contributed by atoms with Crippen LogP contribution in [0.5, 0.6) is 0 Å². The van der Waals surface area contributed by atoms with E-state index in [1.165, 1.54) is 12.1 Å². The Hall–Kier alpha value is -2.62. The molecule has 1 amide bonds. The van der Waals surface area contributed by atoms with Crippen LogP contribution in [-0.4, -0.2) is 12.5 Å². The van der Waals surface area contributed by atoms with Gasteiger partial charge in [0.05, 0.1) is 0 Å². The fourth-order valence-corrected chi connectivity index (χ4v) is 2.50. The third-order valence-corrected chi connectivity index (χ3v) is 3.70. The third-order valence-electron chi connectivity index (χ3n) is 3.70. The zero-order chi connectivity index (χ0) is 17.4. The molecule has 0 radical (unpaired) electrons. The molecule has 3 nitrogen and oxygen atoms in total. The number of amides is 1. The van der Waals surface area contributed by atoms with Crippen molar-refractivity contribution in [1.82, 2.24) is 10.6 Å². The topological polar surface area (TPSA) is 41.1 Å². The van der Waals surface area contributed by atoms with Gasteiger partial charge in [-0.1, -0.05) is 24.3 Å². The van der Waals surface area contributed by atoms with Gasteiger partial charge in [-0.05, 0) is 67.5 Å². The lowest BCUT2D eigenvalue weighted by Gasteiger charge is -2.11. The Morgan fingerprint density at radius 3 is 2.92 bits per heavy atom. The lowest BCUT2D eigenvalue weighted by Crippen LogP contribution is -2.21. The van der Waals surface area contributed by atoms with E-state index in [1.54, 1.807) is 6.07 Å². The summed E-state index contributed by atoms with van der Waals surface area (Å²) in [4.78, 5) is 12.1. The first-order valence-corrected chi connectivity index (χ1v) is 8.08. The van der Waals surface area contributed by atoms with Gasteiger partial charge < -0.3 is 10.6 Å². The van der Waals surface area contributed by atoms with Gasteiger partial charge in [0.25, 0.3) is 0 Å². The van der Waals surface area contributed by atoms with Gasteiger partial charge in [0.2, 0.25) is 5.91 Å². The summed E-state index contributed by atoms with van der Waals surface area (Å²) in [5.41, 5.74) is 3.81. The molecular formula is C20H23FN2O. The molecule has 0 saturated heterocycles. The molecule has 126 valence electrons. The molecule has 0 aromatic heterocycles. The third kappa shape index (κ3) is 5.54. The molecule has 1 aromatic rings. The molecule has 24 heavy (non-hydrogen) atoms. The van der Waals surface area contributed by atoms with Crippen LogP contribution < -0.4 is 10.6 Å². The predicted octanol–water partition coefficient (Wildman–Crippen LogP) is 3.77. The van der Waals surface area contributed by atoms with Gasteiger partial charge in [0.1, 0.15) is 5.82 Å². The van der Waals surface area contributed by atoms with Crippen LogP contribution in [0.25, 0.3) is 0 Å². The van der Waals surface area contributed by atoms with Crippen LogP contribution >= 0.6 is 0 Å². The highest BCUT2D eigenvalue weighted by atomic mass is 19.1. The number of benzene rings is 1. The van der Waals surface area contributed by atoms with E-state index < -0.39 is 0 Å². The molecule has 1 aromatic carbocycles. The Morgan fingerprint density at radius 2 is 2.25 bits per heavy atom. The molecule has 0 unspecified atom stereocenters. The molecule has 2 rings (SSSR count). The van der Waals surface area contributed by atoms with Crippen molar-refractivity contribution in [3.63, 3.8) is 0 Å². The molecule has 2 N–H and O–H groups in total. The summed E-state index contributed by atoms with van der Waals surface area (Å²) >= 11 is 0. The van der Waals surface area contributed by atoms with E-state index in [-0.39, 0.29) is 11.7 Å². The Balaban J connectivity index is 1.90. The molecule has 1 aliphatic rings. The highest BCUT2D eigenvalue weighted by Gasteiger charge is 2.06. The number of hydrogen-bond acceptors (Lipinski definition) is 2. The van der Waals surface area contributed by atoms with Gasteiger partial charge in [0.15, 0.2) is 0 Å². The number of aryl methyl sites for hydroxylation is 1. The van der Waals surface area contributed by atoms with Crippen molar-refractivity contribution in [2.24, 2.45) is 0 Å². The van der Waals surface area contributed by atoms with E-state index >= 15 is 0 Å². The number of carbonyl (C=O) groups excluding carboxylic acids is 1. The van der Waals surface area contributed by atoms with Crippen molar-refractivity contribution in [2.45, 2.75) is 26.7 Å². The standard InChI is InChI=1S/C20H23FN2O/c1-3-17(18-9-11-22-12-10-18)13-15(2)23-20(24)8-7-16-5-4-6-19(21)14-16/h3-6,9-11,13-14,22H,7-8,12H2,1-2H3,(H,23,24)/b15-13+,17-3+. The lowest BCUT2D eigenvalue weighted by molar-refractivity contribution is -0.120. The monoisotopic (exact) mass is 326 g/mol. The van der Waals surface area contributed by atoms with Gasteiger partial charge in [0, 0.05) is 18.7 Å². The summed E-state index contributed by atoms with van der Waals surface area (Å²) in [5, 5.41) is 6.00. The first-order valence-electron chi connectivity index (χ1n) is 8.08. The van der Waals surface area contributed by atoms with Gasteiger partial charge >= 0.3 is 0 Å². The highest BCUT2D eigenvalue weighted by molar-refractivity contribution is 5.78. The fraction of sp³-hybridized carbons (Fsp3) is 0.250. The van der Waals surface area contributed by atoms with Crippen molar-refractivity contribution < 1.29 is 9.18 Å². The van der Waals surface area contributed by atoms with Crippen LogP contribution in [0.2, 0.25) is 0 Å². The van der Waals surface area contributed by atoms with Crippen LogP contribution in [0.4, 0.5) is 4.39 Å². The second-order valence-electron chi connectivity index (χ2n) is 5.65. The maximum absolute atomic E-state index is 13.1. The first kappa shape index (κ1) is 17.7. The van der Waals surface area contributed by atoms with E-state index in [1.807, 2.05) is 44.3 Å². The van der Waals surface area contributed by atoms with Crippen LogP contribution in [0.1, 0.15) is 25.8 Å². The maximum Gasteiger partial charge on any atom is 0.224 e. The van der Waals surface area contributed by atoms with Crippen LogP contribution in [0.15, 0.2) is 71.6 Å². The van der Waals surface area contributed by atoms with Crippen LogP contribution in [0.3, 0.4) is 0 Å². The minimum atomic E-state index is -0.273. The Labute approximate surface area is 142 Å². The summed E-state index contributed by atoms with van der Waals surface area (Å²) in [5.74, 6) is -0.344. The van der Waals surface area contributed by atoms with Crippen LogP contribution in [-0.2, 0) is 11.2 Å². The lowest BCUT2D eigenvalue weighted by atomic mass is 10.0. The smallest absolute Gasteiger partial charge is 0.224 e. The van der Waals surface area contributed by atoms with E-state index in [4.69, 9.17) is 0 Å². The number of nitrogens with one attached hydrogen (secondary N) is 2. The predicted molar refractivity (Wildman–Crippen MR) is 95.6 cm³/mol. The Bertz CT molecular complexity index is 714. The summed E-state index contributed by atoms with van der Waals surface area (Å²) in [6, 6.07) is 6.35. The van der Waals surface area contributed by atoms with Crippen molar-refractivity contribution in [3.8, 4) is 0 Å². The van der Waals surface area contributed by atoms with Crippen molar-refractivity contribution >= 4 is 5.91 Å². The number of halogens is 1. The molecule has 0 saturated carbocycles. The summed E-state index contributed by atoms with van der Waals surface area (Å²) in [6.07, 6.45) is 10.9. The second kappa shape index (κ2) is 8.87. The summed E-state index contributed by atoms with van der Waals surface area (Å²) in [7, 11) is 0. The van der Waals surface area contributed by atoms with Crippen molar-refractivity contribution in [1.29, 1.82) is 0 Å². The molecule has 1 heterocycles. The first-order chi connectivity index (χ1) is 11.6. The fourth-order valence-electron chi connectivity index (χ4n) is 2.50. The van der Waals surface area contributed by atoms with Crippen LogP contribution in [0, 0.1) is 5.82 Å². The second-order valence-corrected chi connectivity index (χ2v) is 5.65. The summed E-state index contributed by atoms with van der Waals surface area (Å²) < 4.78 is 13.1. The van der Waals surface area contributed by atoms with Gasteiger partial charge in [-0.25, -0.2) is 4.39 Å². The highest BCUT2D eigenvalue weighted by Crippen LogP contribution is 2.16. The zero-order valence-corrected chi connectivity index (χ0v) is 14.1. The zero-order valence-electron chi connectivity index (χ0n) is 14.1. The molecule has 0 bridgehead atoms. The average molecular weight is 326 g/mol. The minimum absolute atomic E-state index is 0.0710. The van der Waals surface area contributed by atoms with E-state index in [0.717, 1.165) is 29.0 Å². The minimum Gasteiger partial charge on any atom is -0.387 e. The number of carbonyl (C=O) groups is 1. The van der Waals surface area contributed by atoms with Gasteiger partial charge in [-0.15, -0.1) is 0 Å². The molecular weight excluding hydrogens is 303 g/mol.